The van der Waals surface area contributed by atoms with Gasteiger partial charge in [0.2, 0.25) is 11.8 Å². The van der Waals surface area contributed by atoms with E-state index in [0.29, 0.717) is 29.2 Å². The van der Waals surface area contributed by atoms with Crippen LogP contribution in [0.15, 0.2) is 91.0 Å². The van der Waals surface area contributed by atoms with Crippen molar-refractivity contribution in [2.45, 2.75) is 25.9 Å². The molecular weight excluding hydrogens is 498 g/mol. The molecule has 5 rings (SSSR count). The number of likely N-dealkylation sites (N-methyl/N-ethyl adjacent to an activating group) is 1. The first-order valence-electron chi connectivity index (χ1n) is 12.7. The lowest BCUT2D eigenvalue weighted by Crippen LogP contribution is -2.53. The predicted octanol–water partition coefficient (Wildman–Crippen LogP) is 5.23. The van der Waals surface area contributed by atoms with Gasteiger partial charge in [-0.2, -0.15) is 0 Å². The molecule has 0 saturated carbocycles. The summed E-state index contributed by atoms with van der Waals surface area (Å²) in [7, 11) is 0. The zero-order valence-corrected chi connectivity index (χ0v) is 21.8. The van der Waals surface area contributed by atoms with Crippen LogP contribution in [-0.4, -0.2) is 41.8 Å². The summed E-state index contributed by atoms with van der Waals surface area (Å²) in [6.45, 7) is 2.28. The second-order valence-electron chi connectivity index (χ2n) is 9.32. The number of anilines is 1. The highest BCUT2D eigenvalue weighted by Gasteiger charge is 2.35. The molecule has 1 heterocycles. The third-order valence-electron chi connectivity index (χ3n) is 6.81. The Morgan fingerprint density at radius 1 is 0.921 bits per heavy atom. The normalized spacial score (nSPS) is 13.0. The molecule has 1 atom stereocenters. The molecule has 0 unspecified atom stereocenters. The molecule has 0 bridgehead atoms. The van der Waals surface area contributed by atoms with Crippen molar-refractivity contribution in [1.82, 2.24) is 10.2 Å². The van der Waals surface area contributed by atoms with E-state index in [9.17, 15) is 14.4 Å². The first-order chi connectivity index (χ1) is 18.5. The van der Waals surface area contributed by atoms with E-state index in [2.05, 4.69) is 5.32 Å². The van der Waals surface area contributed by atoms with E-state index in [1.165, 1.54) is 4.90 Å². The van der Waals surface area contributed by atoms with E-state index >= 15 is 0 Å². The molecule has 38 heavy (non-hydrogen) atoms. The maximum Gasteiger partial charge on any atom is 0.259 e. The highest BCUT2D eigenvalue weighted by atomic mass is 35.5. The molecule has 0 aromatic heterocycles. The summed E-state index contributed by atoms with van der Waals surface area (Å²) in [5.41, 5.74) is 3.02. The molecule has 7 heteroatoms. The lowest BCUT2D eigenvalue weighted by atomic mass is 10.0. The summed E-state index contributed by atoms with van der Waals surface area (Å²) in [6.07, 6.45) is 0.336. The molecule has 4 aromatic carbocycles. The zero-order chi connectivity index (χ0) is 26.6. The number of nitrogens with one attached hydrogen (secondary N) is 1. The Labute approximate surface area is 226 Å². The molecule has 0 spiro atoms. The fourth-order valence-electron chi connectivity index (χ4n) is 5.04. The Hall–Kier alpha value is -4.16. The number of carbonyl (C=O) groups is 3. The van der Waals surface area contributed by atoms with Crippen LogP contribution >= 0.6 is 11.6 Å². The van der Waals surface area contributed by atoms with Gasteiger partial charge in [0.1, 0.15) is 12.6 Å². The van der Waals surface area contributed by atoms with Gasteiger partial charge in [0.15, 0.2) is 0 Å². The maximum atomic E-state index is 14.1. The van der Waals surface area contributed by atoms with E-state index in [1.54, 1.807) is 23.1 Å². The first kappa shape index (κ1) is 25.5. The lowest BCUT2D eigenvalue weighted by molar-refractivity contribution is -0.140. The van der Waals surface area contributed by atoms with Gasteiger partial charge < -0.3 is 10.2 Å². The summed E-state index contributed by atoms with van der Waals surface area (Å²) in [5.74, 6) is -0.786. The standard InChI is InChI=1S/C31H28ClN3O3/c1-2-33-30(37)27(18-21-9-4-3-5-10-21)34(19-22-11-6-14-24(32)17-22)28(36)20-35-26-16-8-13-23-12-7-15-25(29(23)26)31(35)38/h3-17,27H,2,18-20H2,1H3,(H,33,37)/t27-/m0/s1. The quantitative estimate of drug-likeness (QED) is 0.325. The zero-order valence-electron chi connectivity index (χ0n) is 21.1. The smallest absolute Gasteiger partial charge is 0.259 e. The SMILES string of the molecule is CCNC(=O)[C@H](Cc1ccccc1)N(Cc1cccc(Cl)c1)C(=O)CN1C(=O)c2cccc3cccc1c23. The Bertz CT molecular complexity index is 1500. The van der Waals surface area contributed by atoms with Gasteiger partial charge in [-0.05, 0) is 47.7 Å². The minimum atomic E-state index is -0.778. The van der Waals surface area contributed by atoms with E-state index in [1.807, 2.05) is 79.7 Å². The summed E-state index contributed by atoms with van der Waals surface area (Å²) in [4.78, 5) is 43.9. The number of benzene rings is 4. The lowest BCUT2D eigenvalue weighted by Gasteiger charge is -2.33. The highest BCUT2D eigenvalue weighted by Crippen LogP contribution is 2.37. The number of amides is 3. The second-order valence-corrected chi connectivity index (χ2v) is 9.76. The summed E-state index contributed by atoms with van der Waals surface area (Å²) < 4.78 is 0. The van der Waals surface area contributed by atoms with Crippen molar-refractivity contribution in [3.8, 4) is 0 Å². The average molecular weight is 526 g/mol. The Kier molecular flexibility index (Phi) is 7.43. The molecule has 4 aromatic rings. The minimum absolute atomic E-state index is 0.174. The van der Waals surface area contributed by atoms with Crippen LogP contribution in [0, 0.1) is 0 Å². The van der Waals surface area contributed by atoms with E-state index in [-0.39, 0.29) is 30.8 Å². The van der Waals surface area contributed by atoms with Crippen LogP contribution < -0.4 is 10.2 Å². The third kappa shape index (κ3) is 5.13. The van der Waals surface area contributed by atoms with Crippen molar-refractivity contribution in [3.63, 3.8) is 0 Å². The molecule has 192 valence electrons. The van der Waals surface area contributed by atoms with Crippen molar-refractivity contribution in [2.75, 3.05) is 18.0 Å². The molecule has 1 aliphatic rings. The molecule has 0 aliphatic carbocycles. The predicted molar refractivity (Wildman–Crippen MR) is 150 cm³/mol. The van der Waals surface area contributed by atoms with E-state index in [4.69, 9.17) is 11.6 Å². The Balaban J connectivity index is 1.51. The Morgan fingerprint density at radius 2 is 1.63 bits per heavy atom. The average Bonchev–Trinajstić information content (AvgIpc) is 3.19. The van der Waals surface area contributed by atoms with Crippen molar-refractivity contribution >= 4 is 45.8 Å². The number of hydrogen-bond donors (Lipinski definition) is 1. The highest BCUT2D eigenvalue weighted by molar-refractivity contribution is 6.30. The van der Waals surface area contributed by atoms with Gasteiger partial charge in [-0.15, -0.1) is 0 Å². The summed E-state index contributed by atoms with van der Waals surface area (Å²) >= 11 is 6.25. The fraction of sp³-hybridized carbons (Fsp3) is 0.194. The van der Waals surface area contributed by atoms with Crippen LogP contribution in [0.4, 0.5) is 5.69 Å². The molecule has 0 radical (unpaired) electrons. The molecule has 3 amide bonds. The minimum Gasteiger partial charge on any atom is -0.355 e. The van der Waals surface area contributed by atoms with Crippen LogP contribution in [0.1, 0.15) is 28.4 Å². The topological polar surface area (TPSA) is 69.7 Å². The maximum absolute atomic E-state index is 14.1. The number of carbonyl (C=O) groups excluding carboxylic acids is 3. The number of hydrogen-bond acceptors (Lipinski definition) is 3. The van der Waals surface area contributed by atoms with Crippen LogP contribution in [0.3, 0.4) is 0 Å². The van der Waals surface area contributed by atoms with Gasteiger partial charge in [-0.25, -0.2) is 0 Å². The monoisotopic (exact) mass is 525 g/mol. The molecule has 6 nitrogen and oxygen atoms in total. The van der Waals surface area contributed by atoms with Crippen molar-refractivity contribution in [2.24, 2.45) is 0 Å². The molecule has 0 saturated heterocycles. The summed E-state index contributed by atoms with van der Waals surface area (Å²) in [5, 5.41) is 5.23. The van der Waals surface area contributed by atoms with Crippen LogP contribution in [-0.2, 0) is 22.6 Å². The van der Waals surface area contributed by atoms with Crippen molar-refractivity contribution in [3.05, 3.63) is 113 Å². The van der Waals surface area contributed by atoms with Gasteiger partial charge in [0.05, 0.1) is 5.69 Å². The van der Waals surface area contributed by atoms with Crippen LogP contribution in [0.2, 0.25) is 5.02 Å². The number of nitrogens with zero attached hydrogens (tertiary/aromatic N) is 2. The van der Waals surface area contributed by atoms with E-state index in [0.717, 1.165) is 21.9 Å². The number of rotatable bonds is 9. The van der Waals surface area contributed by atoms with Gasteiger partial charge in [0, 0.05) is 35.5 Å². The molecule has 0 fully saturated rings. The van der Waals surface area contributed by atoms with Crippen LogP contribution in [0.5, 0.6) is 0 Å². The second kappa shape index (κ2) is 11.1. The van der Waals surface area contributed by atoms with Gasteiger partial charge in [-0.3, -0.25) is 19.3 Å². The molecular formula is C31H28ClN3O3. The summed E-state index contributed by atoms with van der Waals surface area (Å²) in [6, 6.07) is 27.4. The van der Waals surface area contributed by atoms with Gasteiger partial charge in [0.25, 0.3) is 5.91 Å². The van der Waals surface area contributed by atoms with Crippen molar-refractivity contribution < 1.29 is 14.4 Å². The van der Waals surface area contributed by atoms with Crippen molar-refractivity contribution in [1.29, 1.82) is 0 Å². The third-order valence-corrected chi connectivity index (χ3v) is 7.04. The fourth-order valence-corrected chi connectivity index (χ4v) is 5.25. The van der Waals surface area contributed by atoms with Gasteiger partial charge in [-0.1, -0.05) is 78.3 Å². The largest absolute Gasteiger partial charge is 0.355 e. The van der Waals surface area contributed by atoms with Gasteiger partial charge >= 0.3 is 0 Å². The van der Waals surface area contributed by atoms with E-state index < -0.39 is 6.04 Å². The first-order valence-corrected chi connectivity index (χ1v) is 13.0. The number of halogens is 1. The molecule has 1 N–H and O–H groups in total. The Morgan fingerprint density at radius 3 is 2.37 bits per heavy atom. The molecule has 1 aliphatic heterocycles. The van der Waals surface area contributed by atoms with Crippen LogP contribution in [0.25, 0.3) is 10.8 Å².